The summed E-state index contributed by atoms with van der Waals surface area (Å²) in [5.41, 5.74) is 0. The van der Waals surface area contributed by atoms with E-state index in [0.717, 1.165) is 0 Å². The highest BCUT2D eigenvalue weighted by atomic mass is 16.6. The van der Waals surface area contributed by atoms with Crippen LogP contribution >= 0.6 is 0 Å². The molecule has 0 aliphatic heterocycles. The number of carbonyl (C=O) groups is 3. The van der Waals surface area contributed by atoms with Gasteiger partial charge in [0.15, 0.2) is 0 Å². The van der Waals surface area contributed by atoms with Gasteiger partial charge in [0.25, 0.3) is 0 Å². The van der Waals surface area contributed by atoms with Crippen LogP contribution in [0.1, 0.15) is 12.8 Å². The van der Waals surface area contributed by atoms with Crippen molar-refractivity contribution in [1.29, 1.82) is 0 Å². The Balaban J connectivity index is 3.12. The maximum atomic E-state index is 11.3. The second kappa shape index (κ2) is 32.7. The van der Waals surface area contributed by atoms with E-state index in [0.29, 0.717) is 119 Å². The van der Waals surface area contributed by atoms with Crippen LogP contribution in [-0.2, 0) is 66.5 Å². The molecule has 242 valence electrons. The molecule has 0 aromatic rings. The third kappa shape index (κ3) is 32.6. The van der Waals surface area contributed by atoms with Gasteiger partial charge >= 0.3 is 11.9 Å². The van der Waals surface area contributed by atoms with Gasteiger partial charge in [-0.2, -0.15) is 0 Å². The Morgan fingerprint density at radius 3 is 0.951 bits per heavy atom. The smallest absolute Gasteiger partial charge is 0.372 e. The maximum absolute atomic E-state index is 11.3. The fourth-order valence-electron chi connectivity index (χ4n) is 2.61. The number of aliphatic carboxylic acids is 1. The van der Waals surface area contributed by atoms with Gasteiger partial charge in [-0.1, -0.05) is 0 Å². The van der Waals surface area contributed by atoms with Gasteiger partial charge in [-0.15, -0.1) is 0 Å². The summed E-state index contributed by atoms with van der Waals surface area (Å²) in [6, 6.07) is 0. The minimum Gasteiger partial charge on any atom is -0.476 e. The van der Waals surface area contributed by atoms with Crippen molar-refractivity contribution in [1.82, 2.24) is 0 Å². The molecule has 41 heavy (non-hydrogen) atoms. The summed E-state index contributed by atoms with van der Waals surface area (Å²) < 4.78 is 58.0. The largest absolute Gasteiger partial charge is 0.476 e. The van der Waals surface area contributed by atoms with Crippen LogP contribution in [0, 0.1) is 0 Å². The molecule has 0 aromatic heterocycles. The molecule has 15 heteroatoms. The van der Waals surface area contributed by atoms with Gasteiger partial charge in [-0.05, 0) is 0 Å². The Kier molecular flexibility index (Phi) is 31.3. The van der Waals surface area contributed by atoms with Crippen molar-refractivity contribution >= 4 is 17.7 Å². The Morgan fingerprint density at radius 1 is 0.415 bits per heavy atom. The first kappa shape index (κ1) is 39.2. The van der Waals surface area contributed by atoms with E-state index < -0.39 is 17.7 Å². The van der Waals surface area contributed by atoms with E-state index in [4.69, 9.17) is 57.2 Å². The summed E-state index contributed by atoms with van der Waals surface area (Å²) in [4.78, 5) is 32.6. The molecule has 1 N–H and O–H groups in total. The van der Waals surface area contributed by atoms with Crippen LogP contribution in [0.15, 0.2) is 0 Å². The van der Waals surface area contributed by atoms with Gasteiger partial charge in [-0.25, -0.2) is 4.79 Å². The number of Topliss-reactive ketones (excluding diaryl/α,β-unsaturated/α-hetero) is 1. The average Bonchev–Trinajstić information content (AvgIpc) is 2.96. The zero-order valence-corrected chi connectivity index (χ0v) is 24.2. The van der Waals surface area contributed by atoms with Crippen LogP contribution < -0.4 is 0 Å². The maximum Gasteiger partial charge on any atom is 0.372 e. The highest BCUT2D eigenvalue weighted by Crippen LogP contribution is 1.95. The second-order valence-electron chi connectivity index (χ2n) is 7.95. The lowest BCUT2D eigenvalue weighted by Crippen LogP contribution is -2.17. The quantitative estimate of drug-likeness (QED) is 0.0582. The molecule has 0 radical (unpaired) electrons. The number of carboxylic acids is 1. The van der Waals surface area contributed by atoms with Crippen molar-refractivity contribution in [3.8, 4) is 0 Å². The first-order valence-corrected chi connectivity index (χ1v) is 13.7. The van der Waals surface area contributed by atoms with E-state index in [-0.39, 0.29) is 26.1 Å². The summed E-state index contributed by atoms with van der Waals surface area (Å²) in [5, 5.41) is 8.42. The molecule has 0 aliphatic carbocycles. The van der Waals surface area contributed by atoms with Crippen LogP contribution in [0.4, 0.5) is 0 Å². The summed E-state index contributed by atoms with van der Waals surface area (Å²) in [6.07, 6.45) is -0.656. The summed E-state index contributed by atoms with van der Waals surface area (Å²) >= 11 is 0. The van der Waals surface area contributed by atoms with Crippen LogP contribution in [0.3, 0.4) is 0 Å². The van der Waals surface area contributed by atoms with Crippen LogP contribution in [0.2, 0.25) is 0 Å². The molecule has 0 fully saturated rings. The topological polar surface area (TPSA) is 173 Å². The highest BCUT2D eigenvalue weighted by Gasteiger charge is 2.14. The first-order chi connectivity index (χ1) is 20.1. The van der Waals surface area contributed by atoms with Crippen molar-refractivity contribution in [2.45, 2.75) is 12.8 Å². The number of hydrogen-bond donors (Lipinski definition) is 1. The first-order valence-electron chi connectivity index (χ1n) is 13.7. The fourth-order valence-corrected chi connectivity index (χ4v) is 2.61. The van der Waals surface area contributed by atoms with Gasteiger partial charge < -0.3 is 57.2 Å². The molecule has 0 saturated carbocycles. The zero-order valence-electron chi connectivity index (χ0n) is 24.2. The lowest BCUT2D eigenvalue weighted by atomic mass is 10.2. The third-order valence-electron chi connectivity index (χ3n) is 4.69. The summed E-state index contributed by atoms with van der Waals surface area (Å²) in [6.45, 7) is 8.74. The average molecular weight is 601 g/mol. The fraction of sp³-hybridized carbons (Fsp3) is 0.885. The van der Waals surface area contributed by atoms with E-state index in [2.05, 4.69) is 0 Å². The molecule has 0 amide bonds. The van der Waals surface area contributed by atoms with Crippen molar-refractivity contribution in [3.63, 3.8) is 0 Å². The summed E-state index contributed by atoms with van der Waals surface area (Å²) in [5.74, 6) is -3.23. The predicted octanol–water partition coefficient (Wildman–Crippen LogP) is -0.241. The monoisotopic (exact) mass is 600 g/mol. The van der Waals surface area contributed by atoms with Crippen molar-refractivity contribution < 1.29 is 71.6 Å². The van der Waals surface area contributed by atoms with Gasteiger partial charge in [0, 0.05) is 13.5 Å². The van der Waals surface area contributed by atoms with Gasteiger partial charge in [-0.3, -0.25) is 9.59 Å². The predicted molar refractivity (Wildman–Crippen MR) is 142 cm³/mol. The van der Waals surface area contributed by atoms with Crippen molar-refractivity contribution in [3.05, 3.63) is 0 Å². The Hall–Kier alpha value is -1.79. The van der Waals surface area contributed by atoms with Crippen LogP contribution in [0.5, 0.6) is 0 Å². The van der Waals surface area contributed by atoms with E-state index in [1.807, 2.05) is 0 Å². The number of hydrogen-bond acceptors (Lipinski definition) is 14. The number of carboxylic acid groups (broad SMARTS) is 1. The van der Waals surface area contributed by atoms with Gasteiger partial charge in [0.1, 0.15) is 6.61 Å². The third-order valence-corrected chi connectivity index (χ3v) is 4.69. The lowest BCUT2D eigenvalue weighted by Gasteiger charge is -2.09. The van der Waals surface area contributed by atoms with Crippen LogP contribution in [-0.4, -0.2) is 162 Å². The minimum absolute atomic E-state index is 0.0163. The van der Waals surface area contributed by atoms with Gasteiger partial charge in [0.05, 0.1) is 132 Å². The minimum atomic E-state index is -1.56. The molecule has 0 saturated heterocycles. The second-order valence-corrected chi connectivity index (χ2v) is 7.95. The Morgan fingerprint density at radius 2 is 0.683 bits per heavy atom. The van der Waals surface area contributed by atoms with Crippen molar-refractivity contribution in [2.24, 2.45) is 0 Å². The molecule has 0 atom stereocenters. The molecule has 0 aromatic carbocycles. The highest BCUT2D eigenvalue weighted by molar-refractivity contribution is 6.32. The summed E-state index contributed by atoms with van der Waals surface area (Å²) in [7, 11) is 1.63. The van der Waals surface area contributed by atoms with Crippen LogP contribution in [0.25, 0.3) is 0 Å². The zero-order chi connectivity index (χ0) is 30.1. The number of carbonyl (C=O) groups excluding carboxylic acids is 2. The van der Waals surface area contributed by atoms with E-state index in [1.54, 1.807) is 7.11 Å². The Bertz CT molecular complexity index is 605. The molecular weight excluding hydrogens is 552 g/mol. The number of ether oxygens (including phenoxy) is 11. The lowest BCUT2D eigenvalue weighted by molar-refractivity contribution is -0.151. The molecule has 0 spiro atoms. The molecule has 15 nitrogen and oxygen atoms in total. The number of methoxy groups -OCH3 is 1. The number of rotatable bonds is 34. The SMILES string of the molecule is COCCOCCOCCOCCOCCOCCOCCOCCOCCOCCOC(=O)CCC(=O)C(=O)O. The van der Waals surface area contributed by atoms with E-state index in [1.165, 1.54) is 0 Å². The van der Waals surface area contributed by atoms with Gasteiger partial charge in [0.2, 0.25) is 5.78 Å². The normalized spacial score (nSPS) is 11.1. The standard InChI is InChI=1S/C26H48O15/c1-31-4-5-32-6-7-33-8-9-34-10-11-35-12-13-36-14-15-37-16-17-38-18-19-39-20-21-40-22-23-41-25(28)3-2-24(27)26(29)30/h2-23H2,1H3,(H,29,30). The van der Waals surface area contributed by atoms with E-state index in [9.17, 15) is 14.4 Å². The molecule has 0 heterocycles. The van der Waals surface area contributed by atoms with Crippen molar-refractivity contribution in [2.75, 3.05) is 139 Å². The molecule has 0 aliphatic rings. The molecule has 0 bridgehead atoms. The Labute approximate surface area is 241 Å². The number of ketones is 1. The van der Waals surface area contributed by atoms with E-state index >= 15 is 0 Å². The molecule has 0 unspecified atom stereocenters. The molecular formula is C26H48O15. The number of esters is 1. The molecule has 0 rings (SSSR count).